The van der Waals surface area contributed by atoms with Crippen molar-refractivity contribution in [3.05, 3.63) is 0 Å². The minimum absolute atomic E-state index is 0.00351. The Balaban J connectivity index is 1.44. The van der Waals surface area contributed by atoms with Crippen LogP contribution in [0.4, 0.5) is 0 Å². The van der Waals surface area contributed by atoms with Crippen LogP contribution in [0, 0.1) is 23.7 Å². The van der Waals surface area contributed by atoms with Gasteiger partial charge in [0.15, 0.2) is 19.9 Å². The van der Waals surface area contributed by atoms with Crippen LogP contribution < -0.4 is 0 Å². The molecule has 1 N–H and O–H groups in total. The average Bonchev–Trinajstić information content (AvgIpc) is 3.61. The molecule has 5 aliphatic heterocycles. The Kier molecular flexibility index (Phi) is 10.3. The SMILES string of the molecule is CC[Si](CC)(CC)O[C@H]([C@@H]1CSC[C@H]([C@H](O)[C@H]2CSCCC23OCCO3)C1=O)[C@@H]1CSCCC12OCCO2. The molecule has 0 radical (unpaired) electrons. The van der Waals surface area contributed by atoms with Crippen LogP contribution in [0.25, 0.3) is 0 Å². The van der Waals surface area contributed by atoms with E-state index in [9.17, 15) is 9.90 Å². The molecule has 6 atom stereocenters. The maximum atomic E-state index is 14.4. The third-order valence-electron chi connectivity index (χ3n) is 9.73. The normalized spacial score (nSPS) is 35.1. The van der Waals surface area contributed by atoms with Crippen LogP contribution in [0.3, 0.4) is 0 Å². The second-order valence-corrected chi connectivity index (χ2v) is 19.4. The Morgan fingerprint density at radius 2 is 1.32 bits per heavy atom. The van der Waals surface area contributed by atoms with Crippen LogP contribution in [0.5, 0.6) is 0 Å². The predicted molar refractivity (Wildman–Crippen MR) is 158 cm³/mol. The zero-order valence-electron chi connectivity index (χ0n) is 23.2. The van der Waals surface area contributed by atoms with Crippen LogP contribution in [0.2, 0.25) is 18.1 Å². The summed E-state index contributed by atoms with van der Waals surface area (Å²) in [6, 6.07) is 3.09. The molecule has 218 valence electrons. The van der Waals surface area contributed by atoms with E-state index < -0.39 is 31.9 Å². The van der Waals surface area contributed by atoms with E-state index in [1.54, 1.807) is 11.8 Å². The van der Waals surface area contributed by atoms with E-state index in [0.29, 0.717) is 32.2 Å². The summed E-state index contributed by atoms with van der Waals surface area (Å²) < 4.78 is 32.2. The van der Waals surface area contributed by atoms with Gasteiger partial charge in [0.1, 0.15) is 5.78 Å². The van der Waals surface area contributed by atoms with Gasteiger partial charge < -0.3 is 28.5 Å². The molecule has 7 nitrogen and oxygen atoms in total. The molecule has 5 heterocycles. The lowest BCUT2D eigenvalue weighted by Crippen LogP contribution is -2.60. The molecule has 0 amide bonds. The molecular formula is C27H46O7S3Si. The van der Waals surface area contributed by atoms with E-state index in [-0.39, 0.29) is 29.6 Å². The molecular weight excluding hydrogens is 561 g/mol. The molecule has 11 heteroatoms. The van der Waals surface area contributed by atoms with Gasteiger partial charge in [0.05, 0.1) is 50.5 Å². The number of carbonyl (C=O) groups is 1. The lowest BCUT2D eigenvalue weighted by Gasteiger charge is -2.49. The number of aliphatic hydroxyl groups excluding tert-OH is 1. The molecule has 38 heavy (non-hydrogen) atoms. The van der Waals surface area contributed by atoms with Crippen LogP contribution in [-0.4, -0.2) is 104 Å². The number of rotatable bonds is 9. The van der Waals surface area contributed by atoms with Crippen LogP contribution in [0.1, 0.15) is 33.6 Å². The Morgan fingerprint density at radius 3 is 1.87 bits per heavy atom. The number of thioether (sulfide) groups is 3. The summed E-state index contributed by atoms with van der Waals surface area (Å²) in [7, 11) is -2.04. The second-order valence-electron chi connectivity index (χ2n) is 11.3. The Bertz CT molecular complexity index is 795. The molecule has 0 saturated carbocycles. The predicted octanol–water partition coefficient (Wildman–Crippen LogP) is 4.28. The number of hydrogen-bond acceptors (Lipinski definition) is 10. The summed E-state index contributed by atoms with van der Waals surface area (Å²) in [5, 5.41) is 11.8. The lowest BCUT2D eigenvalue weighted by molar-refractivity contribution is -0.220. The minimum atomic E-state index is -2.04. The van der Waals surface area contributed by atoms with Gasteiger partial charge in [-0.1, -0.05) is 20.8 Å². The van der Waals surface area contributed by atoms with Gasteiger partial charge in [-0.25, -0.2) is 0 Å². The first-order valence-corrected chi connectivity index (χ1v) is 20.6. The maximum Gasteiger partial charge on any atom is 0.192 e. The van der Waals surface area contributed by atoms with Crippen molar-refractivity contribution in [1.29, 1.82) is 0 Å². The quantitative estimate of drug-likeness (QED) is 0.384. The van der Waals surface area contributed by atoms with Crippen molar-refractivity contribution in [1.82, 2.24) is 0 Å². The van der Waals surface area contributed by atoms with Gasteiger partial charge in [-0.05, 0) is 29.6 Å². The highest BCUT2D eigenvalue weighted by atomic mass is 32.2. The second kappa shape index (κ2) is 12.9. The van der Waals surface area contributed by atoms with Gasteiger partial charge in [0.25, 0.3) is 0 Å². The number of Topliss-reactive ketones (excluding diaryl/α,β-unsaturated/α-hetero) is 1. The molecule has 0 aromatic carbocycles. The molecule has 5 fully saturated rings. The first-order valence-electron chi connectivity index (χ1n) is 14.6. The van der Waals surface area contributed by atoms with Crippen LogP contribution in [-0.2, 0) is 28.2 Å². The van der Waals surface area contributed by atoms with Crippen molar-refractivity contribution in [2.75, 3.05) is 60.9 Å². The summed E-state index contributed by atoms with van der Waals surface area (Å²) in [6.07, 6.45) is 0.550. The minimum Gasteiger partial charge on any atom is -0.413 e. The molecule has 5 aliphatic rings. The standard InChI is InChI=1S/C27H46O7S3Si/c1-4-38(5-2,6-3)34-25(22-18-36-14-8-27(22)32-11-12-33-27)20-16-37-15-19(23(20)28)24(29)21-17-35-13-7-26(21)30-9-10-31-26/h19-22,24-25,29H,4-18H2,1-3H3/t19-,20+,21+,22-,24-,25+/m0/s1. The summed E-state index contributed by atoms with van der Waals surface area (Å²) >= 11 is 5.53. The first kappa shape index (κ1) is 30.2. The molecule has 5 saturated heterocycles. The highest BCUT2D eigenvalue weighted by molar-refractivity contribution is 7.99. The molecule has 0 bridgehead atoms. The van der Waals surface area contributed by atoms with Crippen LogP contribution in [0.15, 0.2) is 0 Å². The molecule has 0 aromatic rings. The number of ether oxygens (including phenoxy) is 4. The molecule has 2 spiro atoms. The van der Waals surface area contributed by atoms with E-state index in [4.69, 9.17) is 23.4 Å². The van der Waals surface area contributed by atoms with Crippen LogP contribution >= 0.6 is 35.3 Å². The van der Waals surface area contributed by atoms with E-state index in [2.05, 4.69) is 20.8 Å². The molecule has 0 unspecified atom stereocenters. The largest absolute Gasteiger partial charge is 0.413 e. The van der Waals surface area contributed by atoms with Crippen molar-refractivity contribution in [3.63, 3.8) is 0 Å². The fourth-order valence-corrected chi connectivity index (χ4v) is 14.0. The number of carbonyl (C=O) groups excluding carboxylic acids is 1. The molecule has 5 rings (SSSR count). The monoisotopic (exact) mass is 606 g/mol. The smallest absolute Gasteiger partial charge is 0.192 e. The van der Waals surface area contributed by atoms with Crippen molar-refractivity contribution in [2.45, 2.75) is 75.5 Å². The number of ketones is 1. The first-order chi connectivity index (χ1) is 18.4. The van der Waals surface area contributed by atoms with Gasteiger partial charge >= 0.3 is 0 Å². The molecule has 0 aliphatic carbocycles. The van der Waals surface area contributed by atoms with Gasteiger partial charge in [0, 0.05) is 47.7 Å². The number of aliphatic hydroxyl groups is 1. The summed E-state index contributed by atoms with van der Waals surface area (Å²) in [6.45, 7) is 9.05. The van der Waals surface area contributed by atoms with E-state index in [1.165, 1.54) is 0 Å². The van der Waals surface area contributed by atoms with Crippen molar-refractivity contribution >= 4 is 49.4 Å². The summed E-state index contributed by atoms with van der Waals surface area (Å²) in [5.41, 5.74) is 0. The van der Waals surface area contributed by atoms with Crippen molar-refractivity contribution in [3.8, 4) is 0 Å². The lowest BCUT2D eigenvalue weighted by atomic mass is 9.76. The zero-order valence-corrected chi connectivity index (χ0v) is 26.6. The van der Waals surface area contributed by atoms with Crippen molar-refractivity contribution in [2.24, 2.45) is 23.7 Å². The summed E-state index contributed by atoms with van der Waals surface area (Å²) in [5.74, 6) is 2.76. The third-order valence-corrected chi connectivity index (χ3v) is 17.7. The van der Waals surface area contributed by atoms with Gasteiger partial charge in [0.2, 0.25) is 0 Å². The topological polar surface area (TPSA) is 83.5 Å². The van der Waals surface area contributed by atoms with Gasteiger partial charge in [-0.2, -0.15) is 35.3 Å². The average molecular weight is 607 g/mol. The zero-order chi connectivity index (χ0) is 26.8. The van der Waals surface area contributed by atoms with Gasteiger partial charge in [-0.3, -0.25) is 4.79 Å². The van der Waals surface area contributed by atoms with E-state index in [0.717, 1.165) is 59.7 Å². The van der Waals surface area contributed by atoms with E-state index >= 15 is 0 Å². The summed E-state index contributed by atoms with van der Waals surface area (Å²) in [4.78, 5) is 14.4. The Labute approximate surface area is 242 Å². The van der Waals surface area contributed by atoms with E-state index in [1.807, 2.05) is 23.5 Å². The third kappa shape index (κ3) is 5.68. The van der Waals surface area contributed by atoms with Crippen molar-refractivity contribution < 1.29 is 33.3 Å². The number of hydrogen-bond donors (Lipinski definition) is 1. The Hall–Kier alpha value is 0.697. The fourth-order valence-electron chi connectivity index (χ4n) is 7.13. The van der Waals surface area contributed by atoms with Gasteiger partial charge in [-0.15, -0.1) is 0 Å². The Morgan fingerprint density at radius 1 is 0.816 bits per heavy atom. The maximum absolute atomic E-state index is 14.4. The molecule has 0 aromatic heterocycles. The highest BCUT2D eigenvalue weighted by Crippen LogP contribution is 2.48. The highest BCUT2D eigenvalue weighted by Gasteiger charge is 2.57. The fraction of sp³-hybridized carbons (Fsp3) is 0.963.